The van der Waals surface area contributed by atoms with Crippen molar-refractivity contribution >= 4 is 26.7 Å². The average molecular weight is 394 g/mol. The Morgan fingerprint density at radius 1 is 1.33 bits per heavy atom. The second-order valence-corrected chi connectivity index (χ2v) is 8.95. The van der Waals surface area contributed by atoms with Crippen LogP contribution in [0.25, 0.3) is 10.8 Å². The highest BCUT2D eigenvalue weighted by atomic mass is 32.2. The predicted octanol–water partition coefficient (Wildman–Crippen LogP) is -0.581. The molecule has 1 amide bonds. The summed E-state index contributed by atoms with van der Waals surface area (Å²) in [4.78, 5) is 24.8. The van der Waals surface area contributed by atoms with Crippen LogP contribution in [0.5, 0.6) is 0 Å². The molecule has 2 atom stereocenters. The fourth-order valence-electron chi connectivity index (χ4n) is 2.97. The van der Waals surface area contributed by atoms with E-state index in [1.807, 2.05) is 6.07 Å². The summed E-state index contributed by atoms with van der Waals surface area (Å²) in [6, 6.07) is 6.59. The summed E-state index contributed by atoms with van der Waals surface area (Å²) in [6.45, 7) is 0.249. The minimum atomic E-state index is -3.41. The first kappa shape index (κ1) is 19.5. The molecule has 1 saturated heterocycles. The van der Waals surface area contributed by atoms with E-state index < -0.39 is 22.0 Å². The lowest BCUT2D eigenvalue weighted by Gasteiger charge is -2.21. The Balaban J connectivity index is 1.69. The second-order valence-electron chi connectivity index (χ2n) is 6.73. The smallest absolute Gasteiger partial charge is 0.275 e. The molecule has 1 aliphatic heterocycles. The molecule has 0 radical (unpaired) electrons. The molecular weight excluding hydrogens is 372 g/mol. The van der Waals surface area contributed by atoms with Gasteiger partial charge in [0, 0.05) is 25.4 Å². The van der Waals surface area contributed by atoms with Gasteiger partial charge in [-0.1, -0.05) is 18.2 Å². The van der Waals surface area contributed by atoms with Crippen LogP contribution >= 0.6 is 0 Å². The molecular formula is C17H22N4O5S. The average Bonchev–Trinajstić information content (AvgIpc) is 3.03. The lowest BCUT2D eigenvalue weighted by atomic mass is 10.1. The number of nitrogens with zero attached hydrogens (tertiary/aromatic N) is 3. The summed E-state index contributed by atoms with van der Waals surface area (Å²) >= 11 is 0. The topological polar surface area (TPSA) is 111 Å². The van der Waals surface area contributed by atoms with Crippen LogP contribution in [0.15, 0.2) is 35.3 Å². The van der Waals surface area contributed by atoms with Crippen LogP contribution in [0.4, 0.5) is 0 Å². The van der Waals surface area contributed by atoms with Crippen LogP contribution in [0, 0.1) is 5.92 Å². The number of fused-ring (bicyclic) bond motifs is 1. The lowest BCUT2D eigenvalue weighted by Crippen LogP contribution is -2.45. The molecule has 2 heterocycles. The van der Waals surface area contributed by atoms with E-state index in [-0.39, 0.29) is 37.0 Å². The molecule has 27 heavy (non-hydrogen) atoms. The predicted molar refractivity (Wildman–Crippen MR) is 99.7 cm³/mol. The van der Waals surface area contributed by atoms with Gasteiger partial charge in [0.15, 0.2) is 0 Å². The molecule has 0 bridgehead atoms. The number of rotatable bonds is 6. The van der Waals surface area contributed by atoms with Gasteiger partial charge in [-0.3, -0.25) is 9.59 Å². The number of benzene rings is 1. The lowest BCUT2D eigenvalue weighted by molar-refractivity contribution is -0.122. The maximum absolute atomic E-state index is 12.4. The van der Waals surface area contributed by atoms with Crippen LogP contribution in [0.1, 0.15) is 0 Å². The summed E-state index contributed by atoms with van der Waals surface area (Å²) in [7, 11) is -0.468. The first-order valence-corrected chi connectivity index (χ1v) is 10.1. The van der Waals surface area contributed by atoms with Crippen LogP contribution in [-0.2, 0) is 26.1 Å². The standard InChI is InChI=1S/C17H22N4O5S/c1-20(2)27(24,25)11-13-9-26-10-15(13)19-16(22)8-21-17(23)14-6-4-3-5-12(14)7-18-21/h3-7,13,15H,8-11H2,1-2H3,(H,19,22)/t13-,15+/m0/s1. The Labute approximate surface area is 157 Å². The molecule has 0 spiro atoms. The minimum Gasteiger partial charge on any atom is -0.379 e. The minimum absolute atomic E-state index is 0.112. The van der Waals surface area contributed by atoms with Gasteiger partial charge in [-0.15, -0.1) is 0 Å². The maximum Gasteiger partial charge on any atom is 0.275 e. The van der Waals surface area contributed by atoms with Crippen molar-refractivity contribution in [3.8, 4) is 0 Å². The Bertz CT molecular complexity index is 1000. The van der Waals surface area contributed by atoms with Gasteiger partial charge in [0.2, 0.25) is 15.9 Å². The van der Waals surface area contributed by atoms with Crippen molar-refractivity contribution in [3.05, 3.63) is 40.8 Å². The quantitative estimate of drug-likeness (QED) is 0.702. The van der Waals surface area contributed by atoms with Crippen molar-refractivity contribution in [3.63, 3.8) is 0 Å². The molecule has 1 aromatic carbocycles. The third-order valence-corrected chi connectivity index (χ3v) is 6.54. The highest BCUT2D eigenvalue weighted by molar-refractivity contribution is 7.89. The fraction of sp³-hybridized carbons (Fsp3) is 0.471. The third kappa shape index (κ3) is 4.34. The summed E-state index contributed by atoms with van der Waals surface area (Å²) < 4.78 is 31.8. The molecule has 1 fully saturated rings. The summed E-state index contributed by atoms with van der Waals surface area (Å²) in [5.74, 6) is -0.871. The van der Waals surface area contributed by atoms with Crippen LogP contribution < -0.4 is 10.9 Å². The van der Waals surface area contributed by atoms with E-state index in [0.29, 0.717) is 10.8 Å². The molecule has 1 aliphatic rings. The van der Waals surface area contributed by atoms with E-state index in [0.717, 1.165) is 8.99 Å². The van der Waals surface area contributed by atoms with E-state index in [1.54, 1.807) is 18.2 Å². The van der Waals surface area contributed by atoms with Gasteiger partial charge in [-0.25, -0.2) is 17.4 Å². The molecule has 146 valence electrons. The monoisotopic (exact) mass is 394 g/mol. The Kier molecular flexibility index (Phi) is 5.59. The highest BCUT2D eigenvalue weighted by Crippen LogP contribution is 2.17. The van der Waals surface area contributed by atoms with Crippen LogP contribution in [-0.4, -0.2) is 67.5 Å². The molecule has 0 unspecified atom stereocenters. The van der Waals surface area contributed by atoms with Gasteiger partial charge in [-0.2, -0.15) is 5.10 Å². The first-order valence-electron chi connectivity index (χ1n) is 8.50. The fourth-order valence-corrected chi connectivity index (χ4v) is 4.14. The zero-order valence-corrected chi connectivity index (χ0v) is 16.0. The second kappa shape index (κ2) is 7.75. The molecule has 1 aromatic heterocycles. The number of aromatic nitrogens is 2. The number of carbonyl (C=O) groups excluding carboxylic acids is 1. The Hall–Kier alpha value is -2.30. The van der Waals surface area contributed by atoms with E-state index in [9.17, 15) is 18.0 Å². The van der Waals surface area contributed by atoms with E-state index >= 15 is 0 Å². The number of carbonyl (C=O) groups is 1. The van der Waals surface area contributed by atoms with Crippen molar-refractivity contribution in [2.24, 2.45) is 5.92 Å². The largest absolute Gasteiger partial charge is 0.379 e. The van der Waals surface area contributed by atoms with Gasteiger partial charge in [-0.05, 0) is 6.07 Å². The number of amides is 1. The summed E-state index contributed by atoms with van der Waals surface area (Å²) in [5.41, 5.74) is -0.349. The van der Waals surface area contributed by atoms with Gasteiger partial charge in [0.25, 0.3) is 5.56 Å². The first-order chi connectivity index (χ1) is 12.8. The third-order valence-electron chi connectivity index (χ3n) is 4.58. The summed E-state index contributed by atoms with van der Waals surface area (Å²) in [5, 5.41) is 7.99. The highest BCUT2D eigenvalue weighted by Gasteiger charge is 2.34. The van der Waals surface area contributed by atoms with Gasteiger partial charge in [0.1, 0.15) is 6.54 Å². The van der Waals surface area contributed by atoms with Crippen molar-refractivity contribution in [2.45, 2.75) is 12.6 Å². The number of ether oxygens (including phenoxy) is 1. The number of nitrogens with one attached hydrogen (secondary N) is 1. The molecule has 2 aromatic rings. The molecule has 10 heteroatoms. The van der Waals surface area contributed by atoms with Crippen LogP contribution in [0.2, 0.25) is 0 Å². The molecule has 1 N–H and O–H groups in total. The molecule has 9 nitrogen and oxygen atoms in total. The van der Waals surface area contributed by atoms with E-state index in [2.05, 4.69) is 10.4 Å². The summed E-state index contributed by atoms with van der Waals surface area (Å²) in [6.07, 6.45) is 1.54. The molecule has 0 saturated carbocycles. The normalized spacial score (nSPS) is 20.3. The van der Waals surface area contributed by atoms with Crippen molar-refractivity contribution in [1.29, 1.82) is 0 Å². The number of hydrogen-bond donors (Lipinski definition) is 1. The zero-order valence-electron chi connectivity index (χ0n) is 15.2. The van der Waals surface area contributed by atoms with Crippen molar-refractivity contribution < 1.29 is 17.9 Å². The van der Waals surface area contributed by atoms with Crippen molar-refractivity contribution in [2.75, 3.05) is 33.1 Å². The Morgan fingerprint density at radius 3 is 2.81 bits per heavy atom. The van der Waals surface area contributed by atoms with E-state index in [4.69, 9.17) is 4.74 Å². The Morgan fingerprint density at radius 2 is 2.07 bits per heavy atom. The van der Waals surface area contributed by atoms with Gasteiger partial charge in [0.05, 0.1) is 36.6 Å². The molecule has 0 aliphatic carbocycles. The SMILES string of the molecule is CN(C)S(=O)(=O)C[C@@H]1COC[C@H]1NC(=O)Cn1ncc2ccccc2c1=O. The number of hydrogen-bond acceptors (Lipinski definition) is 6. The van der Waals surface area contributed by atoms with Gasteiger partial charge < -0.3 is 10.1 Å². The number of sulfonamides is 1. The maximum atomic E-state index is 12.4. The van der Waals surface area contributed by atoms with E-state index in [1.165, 1.54) is 20.3 Å². The molecule has 3 rings (SSSR count). The zero-order chi connectivity index (χ0) is 19.6. The van der Waals surface area contributed by atoms with Crippen molar-refractivity contribution in [1.82, 2.24) is 19.4 Å². The van der Waals surface area contributed by atoms with Gasteiger partial charge >= 0.3 is 0 Å². The van der Waals surface area contributed by atoms with Crippen LogP contribution in [0.3, 0.4) is 0 Å².